The molecule has 5 heteroatoms. The largest absolute Gasteiger partial charge is 0.381 e. The van der Waals surface area contributed by atoms with Gasteiger partial charge < -0.3 is 19.3 Å². The van der Waals surface area contributed by atoms with Crippen LogP contribution in [0.25, 0.3) is 0 Å². The van der Waals surface area contributed by atoms with Crippen LogP contribution in [0.1, 0.15) is 80.2 Å². The Bertz CT molecular complexity index is 565. The van der Waals surface area contributed by atoms with Crippen LogP contribution in [0.5, 0.6) is 0 Å². The number of nitrogens with one attached hydrogen (secondary N) is 1. The zero-order chi connectivity index (χ0) is 15.9. The van der Waals surface area contributed by atoms with E-state index in [0.29, 0.717) is 36.6 Å². The van der Waals surface area contributed by atoms with E-state index in [1.165, 1.54) is 31.2 Å². The minimum atomic E-state index is 0.397. The van der Waals surface area contributed by atoms with E-state index in [-0.39, 0.29) is 0 Å². The van der Waals surface area contributed by atoms with Gasteiger partial charge in [0.1, 0.15) is 5.76 Å². The average molecular weight is 332 g/mol. The Morgan fingerprint density at radius 2 is 1.71 bits per heavy atom. The number of rotatable bonds is 5. The topological polar surface area (TPSA) is 56.5 Å². The van der Waals surface area contributed by atoms with E-state index in [0.717, 1.165) is 50.4 Å². The van der Waals surface area contributed by atoms with Crippen LogP contribution in [0.2, 0.25) is 0 Å². The molecule has 24 heavy (non-hydrogen) atoms. The van der Waals surface area contributed by atoms with Crippen LogP contribution < -0.4 is 5.32 Å². The van der Waals surface area contributed by atoms with E-state index in [2.05, 4.69) is 10.5 Å². The van der Waals surface area contributed by atoms with Gasteiger partial charge in [0.25, 0.3) is 0 Å². The fourth-order valence-corrected chi connectivity index (χ4v) is 4.78. The van der Waals surface area contributed by atoms with Gasteiger partial charge in [-0.15, -0.1) is 0 Å². The van der Waals surface area contributed by atoms with Crippen molar-refractivity contribution in [3.63, 3.8) is 0 Å². The summed E-state index contributed by atoms with van der Waals surface area (Å²) in [6.45, 7) is 2.37. The Hall–Kier alpha value is -0.910. The van der Waals surface area contributed by atoms with Crippen molar-refractivity contribution in [2.45, 2.75) is 88.0 Å². The van der Waals surface area contributed by atoms with Crippen molar-refractivity contribution in [2.75, 3.05) is 13.2 Å². The Kier molecular flexibility index (Phi) is 4.11. The number of piperidine rings is 1. The second-order valence-corrected chi connectivity index (χ2v) is 8.11. The van der Waals surface area contributed by atoms with Gasteiger partial charge in [0, 0.05) is 42.7 Å². The van der Waals surface area contributed by atoms with Gasteiger partial charge in [-0.25, -0.2) is 0 Å². The van der Waals surface area contributed by atoms with Gasteiger partial charge in [-0.3, -0.25) is 0 Å². The number of hydrogen-bond acceptors (Lipinski definition) is 5. The van der Waals surface area contributed by atoms with Gasteiger partial charge in [-0.1, -0.05) is 5.16 Å². The highest BCUT2D eigenvalue weighted by Crippen LogP contribution is 2.44. The zero-order valence-corrected chi connectivity index (χ0v) is 14.3. The van der Waals surface area contributed by atoms with Crippen LogP contribution in [-0.4, -0.2) is 36.6 Å². The smallest absolute Gasteiger partial charge is 0.145 e. The number of fused-ring (bicyclic) bond motifs is 2. The maximum atomic E-state index is 6.39. The summed E-state index contributed by atoms with van der Waals surface area (Å²) < 4.78 is 17.7. The number of nitrogens with zero attached hydrogens (tertiary/aromatic N) is 1. The lowest BCUT2D eigenvalue weighted by molar-refractivity contribution is 0.00787. The van der Waals surface area contributed by atoms with Crippen LogP contribution in [0.3, 0.4) is 0 Å². The highest BCUT2D eigenvalue weighted by molar-refractivity contribution is 5.30. The predicted molar refractivity (Wildman–Crippen MR) is 89.0 cm³/mol. The minimum absolute atomic E-state index is 0.397. The number of aromatic nitrogens is 1. The van der Waals surface area contributed by atoms with E-state index < -0.39 is 0 Å². The highest BCUT2D eigenvalue weighted by Gasteiger charge is 2.37. The van der Waals surface area contributed by atoms with E-state index in [1.54, 1.807) is 0 Å². The van der Waals surface area contributed by atoms with Gasteiger partial charge in [-0.2, -0.15) is 0 Å². The van der Waals surface area contributed by atoms with Gasteiger partial charge in [0.15, 0.2) is 0 Å². The van der Waals surface area contributed by atoms with E-state index in [1.807, 2.05) is 0 Å². The van der Waals surface area contributed by atoms with Gasteiger partial charge in [0.05, 0.1) is 18.4 Å². The van der Waals surface area contributed by atoms with Gasteiger partial charge in [0.2, 0.25) is 0 Å². The molecule has 1 N–H and O–H groups in total. The summed E-state index contributed by atoms with van der Waals surface area (Å²) in [5, 5.41) is 8.18. The fraction of sp³-hybridized carbons (Fsp3) is 0.842. The highest BCUT2D eigenvalue weighted by atomic mass is 16.5. The van der Waals surface area contributed by atoms with Crippen molar-refractivity contribution in [3.8, 4) is 0 Å². The molecule has 1 aromatic heterocycles. The SMILES string of the molecule is C1CC(c2noc(C3CC3)c2COC2CC3CCC(C2)N3)CCO1. The average Bonchev–Trinajstić information content (AvgIpc) is 3.29. The van der Waals surface area contributed by atoms with E-state index in [4.69, 9.17) is 14.0 Å². The van der Waals surface area contributed by atoms with Gasteiger partial charge in [-0.05, 0) is 51.4 Å². The molecule has 132 valence electrons. The predicted octanol–water partition coefficient (Wildman–Crippen LogP) is 3.25. The van der Waals surface area contributed by atoms with E-state index in [9.17, 15) is 0 Å². The second-order valence-electron chi connectivity index (χ2n) is 8.11. The normalized spacial score (nSPS) is 33.9. The molecule has 4 heterocycles. The molecule has 2 atom stereocenters. The summed E-state index contributed by atoms with van der Waals surface area (Å²) >= 11 is 0. The van der Waals surface area contributed by atoms with Crippen LogP contribution >= 0.6 is 0 Å². The van der Waals surface area contributed by atoms with E-state index >= 15 is 0 Å². The van der Waals surface area contributed by atoms with Crippen molar-refractivity contribution >= 4 is 0 Å². The lowest BCUT2D eigenvalue weighted by Gasteiger charge is -2.29. The van der Waals surface area contributed by atoms with Crippen molar-refractivity contribution in [2.24, 2.45) is 0 Å². The molecule has 0 spiro atoms. The third kappa shape index (κ3) is 3.02. The Balaban J connectivity index is 1.31. The Morgan fingerprint density at radius 1 is 0.958 bits per heavy atom. The van der Waals surface area contributed by atoms with Crippen LogP contribution in [-0.2, 0) is 16.1 Å². The molecule has 5 rings (SSSR count). The maximum Gasteiger partial charge on any atom is 0.145 e. The van der Waals surface area contributed by atoms with Crippen LogP contribution in [0, 0.1) is 0 Å². The van der Waals surface area contributed by atoms with Crippen LogP contribution in [0.4, 0.5) is 0 Å². The minimum Gasteiger partial charge on any atom is -0.381 e. The molecule has 1 saturated carbocycles. The maximum absolute atomic E-state index is 6.39. The lowest BCUT2D eigenvalue weighted by Crippen LogP contribution is -2.41. The summed E-state index contributed by atoms with van der Waals surface area (Å²) in [5.74, 6) is 2.19. The third-order valence-electron chi connectivity index (χ3n) is 6.30. The molecular formula is C19H28N2O3. The Morgan fingerprint density at radius 3 is 2.42 bits per heavy atom. The molecule has 1 aromatic rings. The van der Waals surface area contributed by atoms with Crippen molar-refractivity contribution < 1.29 is 14.0 Å². The molecule has 3 saturated heterocycles. The first-order valence-electron chi connectivity index (χ1n) is 9.80. The summed E-state index contributed by atoms with van der Waals surface area (Å²) in [5.41, 5.74) is 2.44. The molecule has 0 amide bonds. The molecule has 4 fully saturated rings. The fourth-order valence-electron chi connectivity index (χ4n) is 4.78. The molecule has 2 unspecified atom stereocenters. The molecule has 5 nitrogen and oxygen atoms in total. The molecule has 4 aliphatic rings. The lowest BCUT2D eigenvalue weighted by atomic mass is 9.92. The number of hydrogen-bond donors (Lipinski definition) is 1. The quantitative estimate of drug-likeness (QED) is 0.897. The number of ether oxygens (including phenoxy) is 2. The first-order valence-corrected chi connectivity index (χ1v) is 9.80. The monoisotopic (exact) mass is 332 g/mol. The summed E-state index contributed by atoms with van der Waals surface area (Å²) in [4.78, 5) is 0. The third-order valence-corrected chi connectivity index (χ3v) is 6.30. The molecular weight excluding hydrogens is 304 g/mol. The molecule has 1 aliphatic carbocycles. The van der Waals surface area contributed by atoms with Crippen molar-refractivity contribution in [1.29, 1.82) is 0 Å². The molecule has 2 bridgehead atoms. The molecule has 0 aromatic carbocycles. The first kappa shape index (κ1) is 15.4. The second kappa shape index (κ2) is 6.43. The zero-order valence-electron chi connectivity index (χ0n) is 14.3. The summed E-state index contributed by atoms with van der Waals surface area (Å²) in [6, 6.07) is 1.35. The molecule has 3 aliphatic heterocycles. The standard InChI is InChI=1S/C19H28N2O3/c1-2-13(1)19-17(18(21-24-19)12-5-7-22-8-6-12)11-23-16-9-14-3-4-15(10-16)20-14/h12-16,20H,1-11H2. The Labute approximate surface area is 143 Å². The van der Waals surface area contributed by atoms with Crippen molar-refractivity contribution in [1.82, 2.24) is 10.5 Å². The van der Waals surface area contributed by atoms with Crippen LogP contribution in [0.15, 0.2) is 4.52 Å². The first-order chi connectivity index (χ1) is 11.9. The van der Waals surface area contributed by atoms with Gasteiger partial charge >= 0.3 is 0 Å². The summed E-state index contributed by atoms with van der Waals surface area (Å²) in [6.07, 6.45) is 9.95. The van der Waals surface area contributed by atoms with Crippen molar-refractivity contribution in [3.05, 3.63) is 17.0 Å². The molecule has 0 radical (unpaired) electrons. The summed E-state index contributed by atoms with van der Waals surface area (Å²) in [7, 11) is 0.